The number of carbonyl (C=O) groups excluding carboxylic acids is 1. The topological polar surface area (TPSA) is 89.5 Å². The van der Waals surface area contributed by atoms with E-state index < -0.39 is 6.04 Å². The maximum atomic E-state index is 13.1. The van der Waals surface area contributed by atoms with E-state index in [1.165, 1.54) is 25.0 Å². The Bertz CT molecular complexity index is 1130. The number of ether oxygens (including phenoxy) is 1. The molecule has 4 rings (SSSR count). The van der Waals surface area contributed by atoms with Gasteiger partial charge in [-0.15, -0.1) is 0 Å². The second-order valence-corrected chi connectivity index (χ2v) is 9.16. The number of benzene rings is 3. The molecule has 1 saturated heterocycles. The molecule has 3 aromatic rings. The lowest BCUT2D eigenvalue weighted by Crippen LogP contribution is -2.50. The molecule has 0 unspecified atom stereocenters. The van der Waals surface area contributed by atoms with Crippen molar-refractivity contribution in [3.8, 4) is 11.5 Å². The lowest BCUT2D eigenvalue weighted by molar-refractivity contribution is -0.122. The van der Waals surface area contributed by atoms with Crippen molar-refractivity contribution in [2.45, 2.75) is 31.7 Å². The molecule has 0 bridgehead atoms. The van der Waals surface area contributed by atoms with Crippen LogP contribution in [0, 0.1) is 11.2 Å². The van der Waals surface area contributed by atoms with Crippen molar-refractivity contribution >= 4 is 17.6 Å². The third kappa shape index (κ3) is 8.61. The fourth-order valence-electron chi connectivity index (χ4n) is 4.30. The maximum Gasteiger partial charge on any atom is 0.242 e. The van der Waals surface area contributed by atoms with E-state index in [1.807, 2.05) is 30.3 Å². The molecule has 4 N–H and O–H groups in total. The fraction of sp³-hybridized carbons (Fsp3) is 0.310. The van der Waals surface area contributed by atoms with Gasteiger partial charge in [0.15, 0.2) is 5.96 Å². The zero-order valence-electron chi connectivity index (χ0n) is 20.9. The molecular weight excluding hydrogens is 469 g/mol. The minimum atomic E-state index is -0.588. The molecule has 37 heavy (non-hydrogen) atoms. The molecule has 7 nitrogen and oxygen atoms in total. The molecule has 0 spiro atoms. The summed E-state index contributed by atoms with van der Waals surface area (Å²) < 4.78 is 18.8. The summed E-state index contributed by atoms with van der Waals surface area (Å²) >= 11 is 0. The number of hydrogen-bond donors (Lipinski definition) is 4. The Kier molecular flexibility index (Phi) is 9.48. The molecule has 1 heterocycles. The van der Waals surface area contributed by atoms with E-state index in [0.717, 1.165) is 31.6 Å². The van der Waals surface area contributed by atoms with Crippen molar-refractivity contribution in [2.24, 2.45) is 0 Å². The van der Waals surface area contributed by atoms with Gasteiger partial charge in [0.25, 0.3) is 0 Å². The number of likely N-dealkylation sites (tertiary alicyclic amines) is 1. The molecule has 1 aliphatic heterocycles. The first-order valence-electron chi connectivity index (χ1n) is 12.7. The van der Waals surface area contributed by atoms with Gasteiger partial charge in [0.05, 0.1) is 0 Å². The first-order valence-corrected chi connectivity index (χ1v) is 12.7. The summed E-state index contributed by atoms with van der Waals surface area (Å²) in [7, 11) is 0. The molecule has 0 radical (unpaired) electrons. The number of nitrogens with zero attached hydrogens (tertiary/aromatic N) is 1. The standard InChI is InChI=1S/C29H34FN5O2/c30-23-9-13-25(14-10-23)37-26-15-11-24(12-16-26)33-29(31)34-27(21-22-7-2-1-3-8-22)28(36)32-17-6-20-35-18-4-5-19-35/h1-3,7-16,27H,4-6,17-21H2,(H,32,36)(H3,31,33,34)/t27-/m0/s1. The van der Waals surface area contributed by atoms with Gasteiger partial charge in [-0.05, 0) is 93.0 Å². The maximum absolute atomic E-state index is 13.1. The van der Waals surface area contributed by atoms with Crippen LogP contribution >= 0.6 is 0 Å². The monoisotopic (exact) mass is 503 g/mol. The van der Waals surface area contributed by atoms with E-state index in [0.29, 0.717) is 30.2 Å². The van der Waals surface area contributed by atoms with Crippen LogP contribution in [0.2, 0.25) is 0 Å². The Morgan fingerprint density at radius 1 is 0.946 bits per heavy atom. The van der Waals surface area contributed by atoms with Crippen LogP contribution in [0.1, 0.15) is 24.8 Å². The largest absolute Gasteiger partial charge is 0.457 e. The van der Waals surface area contributed by atoms with Crippen molar-refractivity contribution < 1.29 is 13.9 Å². The highest BCUT2D eigenvalue weighted by molar-refractivity contribution is 5.95. The van der Waals surface area contributed by atoms with E-state index in [4.69, 9.17) is 10.1 Å². The van der Waals surface area contributed by atoms with Crippen LogP contribution in [-0.4, -0.2) is 49.0 Å². The van der Waals surface area contributed by atoms with Gasteiger partial charge in [0.1, 0.15) is 23.4 Å². The molecule has 0 saturated carbocycles. The highest BCUT2D eigenvalue weighted by atomic mass is 19.1. The summed E-state index contributed by atoms with van der Waals surface area (Å²) in [6, 6.07) is 22.1. The molecule has 0 aromatic heterocycles. The highest BCUT2D eigenvalue weighted by Gasteiger charge is 2.20. The second kappa shape index (κ2) is 13.4. The van der Waals surface area contributed by atoms with Gasteiger partial charge in [-0.2, -0.15) is 0 Å². The third-order valence-corrected chi connectivity index (χ3v) is 6.24. The van der Waals surface area contributed by atoms with Crippen LogP contribution in [0.5, 0.6) is 11.5 Å². The molecule has 0 aliphatic carbocycles. The van der Waals surface area contributed by atoms with Crippen molar-refractivity contribution in [2.75, 3.05) is 31.5 Å². The summed E-state index contributed by atoms with van der Waals surface area (Å²) in [5, 5.41) is 17.5. The fourth-order valence-corrected chi connectivity index (χ4v) is 4.30. The average Bonchev–Trinajstić information content (AvgIpc) is 3.43. The molecule has 194 valence electrons. The second-order valence-electron chi connectivity index (χ2n) is 9.16. The number of hydrogen-bond acceptors (Lipinski definition) is 4. The van der Waals surface area contributed by atoms with Gasteiger partial charge < -0.3 is 25.6 Å². The summed E-state index contributed by atoms with van der Waals surface area (Å²) in [5.74, 6) is 0.707. The quantitative estimate of drug-likeness (QED) is 0.172. The van der Waals surface area contributed by atoms with Gasteiger partial charge in [0.2, 0.25) is 5.91 Å². The Morgan fingerprint density at radius 2 is 1.59 bits per heavy atom. The molecule has 1 aliphatic rings. The Hall–Kier alpha value is -3.91. The number of anilines is 1. The van der Waals surface area contributed by atoms with Gasteiger partial charge in [-0.25, -0.2) is 4.39 Å². The number of guanidine groups is 1. The van der Waals surface area contributed by atoms with Gasteiger partial charge in [-0.3, -0.25) is 10.2 Å². The lowest BCUT2D eigenvalue weighted by Gasteiger charge is -2.21. The molecule has 1 amide bonds. The minimum Gasteiger partial charge on any atom is -0.457 e. The molecule has 1 fully saturated rings. The van der Waals surface area contributed by atoms with Crippen molar-refractivity contribution in [3.05, 3.63) is 90.2 Å². The first kappa shape index (κ1) is 26.2. The Balaban J connectivity index is 1.30. The van der Waals surface area contributed by atoms with Crippen LogP contribution in [0.4, 0.5) is 10.1 Å². The van der Waals surface area contributed by atoms with Crippen LogP contribution in [-0.2, 0) is 11.2 Å². The predicted molar refractivity (Wildman–Crippen MR) is 145 cm³/mol. The van der Waals surface area contributed by atoms with Crippen molar-refractivity contribution in [3.63, 3.8) is 0 Å². The van der Waals surface area contributed by atoms with Gasteiger partial charge >= 0.3 is 0 Å². The number of amides is 1. The van der Waals surface area contributed by atoms with E-state index >= 15 is 0 Å². The molecular formula is C29H34FN5O2. The van der Waals surface area contributed by atoms with Gasteiger partial charge in [-0.1, -0.05) is 30.3 Å². The minimum absolute atomic E-state index is 0.0281. The zero-order valence-corrected chi connectivity index (χ0v) is 20.9. The number of rotatable bonds is 11. The van der Waals surface area contributed by atoms with E-state index in [9.17, 15) is 9.18 Å². The average molecular weight is 504 g/mol. The smallest absolute Gasteiger partial charge is 0.242 e. The van der Waals surface area contributed by atoms with E-state index in [-0.39, 0.29) is 17.7 Å². The Labute approximate surface area is 217 Å². The third-order valence-electron chi connectivity index (χ3n) is 6.24. The highest BCUT2D eigenvalue weighted by Crippen LogP contribution is 2.23. The molecule has 3 aromatic carbocycles. The van der Waals surface area contributed by atoms with Crippen molar-refractivity contribution in [1.29, 1.82) is 5.41 Å². The first-order chi connectivity index (χ1) is 18.0. The summed E-state index contributed by atoms with van der Waals surface area (Å²) in [5.41, 5.74) is 1.69. The predicted octanol–water partition coefficient (Wildman–Crippen LogP) is 4.77. The van der Waals surface area contributed by atoms with Gasteiger partial charge in [0, 0.05) is 18.7 Å². The number of carbonyl (C=O) groups is 1. The SMILES string of the molecule is N=C(Nc1ccc(Oc2ccc(F)cc2)cc1)N[C@@H](Cc1ccccc1)C(=O)NCCCN1CCCC1. The number of nitrogens with one attached hydrogen (secondary N) is 4. The lowest BCUT2D eigenvalue weighted by atomic mass is 10.1. The molecule has 1 atom stereocenters. The van der Waals surface area contributed by atoms with Crippen LogP contribution in [0.3, 0.4) is 0 Å². The molecule has 8 heteroatoms. The number of halogens is 1. The van der Waals surface area contributed by atoms with Crippen LogP contribution in [0.25, 0.3) is 0 Å². The van der Waals surface area contributed by atoms with Crippen molar-refractivity contribution in [1.82, 2.24) is 15.5 Å². The van der Waals surface area contributed by atoms with Crippen LogP contribution < -0.4 is 20.7 Å². The van der Waals surface area contributed by atoms with E-state index in [2.05, 4.69) is 20.9 Å². The van der Waals surface area contributed by atoms with Crippen LogP contribution in [0.15, 0.2) is 78.9 Å². The Morgan fingerprint density at radius 3 is 2.27 bits per heavy atom. The normalized spacial score (nSPS) is 14.1. The summed E-state index contributed by atoms with van der Waals surface area (Å²) in [4.78, 5) is 15.5. The zero-order chi connectivity index (χ0) is 25.9. The van der Waals surface area contributed by atoms with E-state index in [1.54, 1.807) is 36.4 Å². The summed E-state index contributed by atoms with van der Waals surface area (Å²) in [6.45, 7) is 3.90. The summed E-state index contributed by atoms with van der Waals surface area (Å²) in [6.07, 6.45) is 3.89.